The lowest BCUT2D eigenvalue weighted by Crippen LogP contribution is -2.30. The van der Waals surface area contributed by atoms with Crippen molar-refractivity contribution >= 4 is 28.5 Å². The molecule has 1 fully saturated rings. The molecule has 3 aromatic rings. The Hall–Kier alpha value is -3.66. The van der Waals surface area contributed by atoms with Gasteiger partial charge in [0.2, 0.25) is 0 Å². The molecule has 1 saturated heterocycles. The van der Waals surface area contributed by atoms with E-state index >= 15 is 0 Å². The fourth-order valence-corrected chi connectivity index (χ4v) is 3.10. The lowest BCUT2D eigenvalue weighted by molar-refractivity contribution is 0.163. The van der Waals surface area contributed by atoms with Gasteiger partial charge in [0.05, 0.1) is 11.2 Å². The Kier molecular flexibility index (Phi) is 4.77. The molecule has 0 aliphatic carbocycles. The van der Waals surface area contributed by atoms with Gasteiger partial charge in [0.25, 0.3) is 0 Å². The van der Waals surface area contributed by atoms with Crippen LogP contribution in [0.4, 0.5) is 20.7 Å². The Balaban J connectivity index is 1.65. The van der Waals surface area contributed by atoms with E-state index in [9.17, 15) is 9.18 Å². The van der Waals surface area contributed by atoms with E-state index in [-0.39, 0.29) is 11.8 Å². The summed E-state index contributed by atoms with van der Waals surface area (Å²) in [6, 6.07) is 9.41. The van der Waals surface area contributed by atoms with Gasteiger partial charge in [-0.05, 0) is 49.2 Å². The molecule has 0 atom stereocenters. The fraction of sp³-hybridized carbons (Fsp3) is 0.190. The molecule has 140 valence electrons. The van der Waals surface area contributed by atoms with Gasteiger partial charge >= 0.3 is 6.09 Å². The minimum atomic E-state index is -0.456. The molecule has 0 bridgehead atoms. The number of amides is 1. The molecule has 4 rings (SSSR count). The summed E-state index contributed by atoms with van der Waals surface area (Å²) in [7, 11) is 0. The van der Waals surface area contributed by atoms with Crippen LogP contribution in [-0.2, 0) is 0 Å². The summed E-state index contributed by atoms with van der Waals surface area (Å²) in [5.41, 5.74) is 1.38. The molecule has 0 unspecified atom stereocenters. The SMILES string of the molecule is C#Cc1ccc(F)c(Nc2ncnc3ccc(OC(=O)N4CCCC4)cc23)c1. The van der Waals surface area contributed by atoms with Crippen molar-refractivity contribution in [3.05, 3.63) is 54.1 Å². The van der Waals surface area contributed by atoms with Gasteiger partial charge in [0.1, 0.15) is 23.7 Å². The van der Waals surface area contributed by atoms with Crippen LogP contribution in [0.3, 0.4) is 0 Å². The lowest BCUT2D eigenvalue weighted by Gasteiger charge is -2.15. The van der Waals surface area contributed by atoms with Crippen LogP contribution < -0.4 is 10.1 Å². The summed E-state index contributed by atoms with van der Waals surface area (Å²) in [6.07, 6.45) is 8.36. The molecular formula is C21H17FN4O2. The normalized spacial score (nSPS) is 13.4. The molecule has 7 heteroatoms. The van der Waals surface area contributed by atoms with E-state index < -0.39 is 5.82 Å². The topological polar surface area (TPSA) is 67.4 Å². The largest absolute Gasteiger partial charge is 0.415 e. The Morgan fingerprint density at radius 1 is 1.18 bits per heavy atom. The predicted octanol–water partition coefficient (Wildman–Crippen LogP) is 4.09. The van der Waals surface area contributed by atoms with Gasteiger partial charge in [0, 0.05) is 24.0 Å². The number of anilines is 2. The highest BCUT2D eigenvalue weighted by molar-refractivity contribution is 5.92. The van der Waals surface area contributed by atoms with Gasteiger partial charge in [0.15, 0.2) is 0 Å². The van der Waals surface area contributed by atoms with Gasteiger partial charge in [-0.25, -0.2) is 19.2 Å². The number of terminal acetylenes is 1. The molecule has 6 nitrogen and oxygen atoms in total. The Labute approximate surface area is 161 Å². The highest BCUT2D eigenvalue weighted by Gasteiger charge is 2.20. The number of nitrogens with one attached hydrogen (secondary N) is 1. The standard InChI is InChI=1S/C21H17FN4O2/c1-2-14-5-7-17(22)19(11-14)25-20-16-12-15(6-8-18(16)23-13-24-20)28-21(27)26-9-3-4-10-26/h1,5-8,11-13H,3-4,9-10H2,(H,23,24,25). The summed E-state index contributed by atoms with van der Waals surface area (Å²) in [5, 5.41) is 3.55. The monoisotopic (exact) mass is 376 g/mol. The third kappa shape index (κ3) is 3.58. The van der Waals surface area contributed by atoms with Crippen LogP contribution in [0.5, 0.6) is 5.75 Å². The van der Waals surface area contributed by atoms with Gasteiger partial charge < -0.3 is 15.0 Å². The smallest absolute Gasteiger partial charge is 0.410 e. The molecule has 1 aromatic heterocycles. The summed E-state index contributed by atoms with van der Waals surface area (Å²) in [5.74, 6) is 2.78. The van der Waals surface area contributed by atoms with E-state index in [0.29, 0.717) is 41.1 Å². The minimum Gasteiger partial charge on any atom is -0.410 e. The van der Waals surface area contributed by atoms with E-state index in [1.807, 2.05) is 0 Å². The predicted molar refractivity (Wildman–Crippen MR) is 104 cm³/mol. The van der Waals surface area contributed by atoms with Gasteiger partial charge in [-0.15, -0.1) is 6.42 Å². The number of hydrogen-bond acceptors (Lipinski definition) is 5. The summed E-state index contributed by atoms with van der Waals surface area (Å²) in [6.45, 7) is 1.40. The van der Waals surface area contributed by atoms with Crippen LogP contribution in [0.15, 0.2) is 42.7 Å². The molecule has 28 heavy (non-hydrogen) atoms. The minimum absolute atomic E-state index is 0.204. The fourth-order valence-electron chi connectivity index (χ4n) is 3.10. The van der Waals surface area contributed by atoms with Crippen LogP contribution in [0.1, 0.15) is 18.4 Å². The number of benzene rings is 2. The number of halogens is 1. The molecule has 0 saturated carbocycles. The van der Waals surface area contributed by atoms with Crippen molar-refractivity contribution in [1.29, 1.82) is 0 Å². The first kappa shape index (κ1) is 17.7. The van der Waals surface area contributed by atoms with E-state index in [0.717, 1.165) is 12.8 Å². The number of fused-ring (bicyclic) bond motifs is 1. The number of rotatable bonds is 3. The number of hydrogen-bond donors (Lipinski definition) is 1. The van der Waals surface area contributed by atoms with Crippen LogP contribution >= 0.6 is 0 Å². The van der Waals surface area contributed by atoms with Crippen LogP contribution in [0.2, 0.25) is 0 Å². The van der Waals surface area contributed by atoms with E-state index in [1.54, 1.807) is 23.1 Å². The Morgan fingerprint density at radius 3 is 2.79 bits per heavy atom. The average Bonchev–Trinajstić information content (AvgIpc) is 3.25. The zero-order valence-corrected chi connectivity index (χ0v) is 15.0. The molecule has 1 aliphatic heterocycles. The molecule has 2 heterocycles. The molecule has 2 aromatic carbocycles. The third-order valence-electron chi connectivity index (χ3n) is 4.56. The van der Waals surface area contributed by atoms with Gasteiger partial charge in [-0.3, -0.25) is 0 Å². The molecule has 0 radical (unpaired) electrons. The lowest BCUT2D eigenvalue weighted by atomic mass is 10.2. The van der Waals surface area contributed by atoms with Crippen molar-refractivity contribution in [3.63, 3.8) is 0 Å². The number of carbonyl (C=O) groups excluding carboxylic acids is 1. The number of aromatic nitrogens is 2. The second kappa shape index (κ2) is 7.53. The number of carbonyl (C=O) groups is 1. The Morgan fingerprint density at radius 2 is 2.00 bits per heavy atom. The summed E-state index contributed by atoms with van der Waals surface area (Å²) in [4.78, 5) is 22.3. The van der Waals surface area contributed by atoms with Crippen molar-refractivity contribution in [2.75, 3.05) is 18.4 Å². The maximum atomic E-state index is 14.2. The van der Waals surface area contributed by atoms with Crippen LogP contribution in [0, 0.1) is 18.2 Å². The highest BCUT2D eigenvalue weighted by atomic mass is 19.1. The zero-order chi connectivity index (χ0) is 19.5. The Bertz CT molecular complexity index is 1090. The van der Waals surface area contributed by atoms with Crippen LogP contribution in [0.25, 0.3) is 10.9 Å². The maximum absolute atomic E-state index is 14.2. The molecule has 1 N–H and O–H groups in total. The van der Waals surface area contributed by atoms with Crippen molar-refractivity contribution in [2.45, 2.75) is 12.8 Å². The molecular weight excluding hydrogens is 359 g/mol. The van der Waals surface area contributed by atoms with Crippen molar-refractivity contribution in [3.8, 4) is 18.1 Å². The zero-order valence-electron chi connectivity index (χ0n) is 15.0. The third-order valence-corrected chi connectivity index (χ3v) is 4.56. The van der Waals surface area contributed by atoms with Crippen molar-refractivity contribution in [1.82, 2.24) is 14.9 Å². The molecule has 0 spiro atoms. The average molecular weight is 376 g/mol. The highest BCUT2D eigenvalue weighted by Crippen LogP contribution is 2.28. The van der Waals surface area contributed by atoms with Crippen LogP contribution in [-0.4, -0.2) is 34.1 Å². The van der Waals surface area contributed by atoms with E-state index in [4.69, 9.17) is 11.2 Å². The number of ether oxygens (including phenoxy) is 1. The van der Waals surface area contributed by atoms with Crippen molar-refractivity contribution < 1.29 is 13.9 Å². The number of nitrogens with zero attached hydrogens (tertiary/aromatic N) is 3. The second-order valence-corrected chi connectivity index (χ2v) is 6.43. The summed E-state index contributed by atoms with van der Waals surface area (Å²) >= 11 is 0. The van der Waals surface area contributed by atoms with Crippen molar-refractivity contribution in [2.24, 2.45) is 0 Å². The van der Waals surface area contributed by atoms with Gasteiger partial charge in [-0.2, -0.15) is 0 Å². The summed E-state index contributed by atoms with van der Waals surface area (Å²) < 4.78 is 19.6. The quantitative estimate of drug-likeness (QED) is 0.698. The first-order chi connectivity index (χ1) is 13.6. The molecule has 1 aliphatic rings. The van der Waals surface area contributed by atoms with E-state index in [1.165, 1.54) is 24.5 Å². The first-order valence-electron chi connectivity index (χ1n) is 8.89. The number of likely N-dealkylation sites (tertiary alicyclic amines) is 1. The molecule has 1 amide bonds. The van der Waals surface area contributed by atoms with E-state index in [2.05, 4.69) is 21.2 Å². The maximum Gasteiger partial charge on any atom is 0.415 e. The van der Waals surface area contributed by atoms with Gasteiger partial charge in [-0.1, -0.05) is 5.92 Å². The second-order valence-electron chi connectivity index (χ2n) is 6.43. The first-order valence-corrected chi connectivity index (χ1v) is 8.89.